The van der Waals surface area contributed by atoms with Crippen molar-refractivity contribution in [2.75, 3.05) is 0 Å². The number of hydrogen-bond acceptors (Lipinski definition) is 3. The largest absolute Gasteiger partial charge is 0.462 e. The lowest BCUT2D eigenvalue weighted by Gasteiger charge is -2.27. The number of ketones is 1. The smallest absolute Gasteiger partial charge is 0.306 e. The molecule has 2 atom stereocenters. The minimum absolute atomic E-state index is 0.000741. The van der Waals surface area contributed by atoms with Crippen LogP contribution in [0.2, 0.25) is 0 Å². The van der Waals surface area contributed by atoms with E-state index in [1.807, 2.05) is 0 Å². The molecular formula is C12H18O3. The monoisotopic (exact) mass is 210 g/mol. The Morgan fingerprint density at radius 1 is 0.933 bits per heavy atom. The van der Waals surface area contributed by atoms with Crippen LogP contribution in [-0.4, -0.2) is 17.9 Å². The fraction of sp³-hybridized carbons (Fsp3) is 0.833. The average molecular weight is 210 g/mol. The van der Waals surface area contributed by atoms with Crippen molar-refractivity contribution >= 4 is 11.8 Å². The van der Waals surface area contributed by atoms with Crippen LogP contribution >= 0.6 is 0 Å². The Bertz CT molecular complexity index is 260. The number of ether oxygens (including phenoxy) is 1. The second-order valence-corrected chi connectivity index (χ2v) is 4.59. The fourth-order valence-corrected chi connectivity index (χ4v) is 2.59. The van der Waals surface area contributed by atoms with Gasteiger partial charge in [0.2, 0.25) is 0 Å². The minimum Gasteiger partial charge on any atom is -0.462 e. The Hall–Kier alpha value is -0.860. The maximum Gasteiger partial charge on any atom is 0.306 e. The summed E-state index contributed by atoms with van der Waals surface area (Å²) in [6.45, 7) is 0. The van der Waals surface area contributed by atoms with Gasteiger partial charge in [-0.05, 0) is 32.1 Å². The highest BCUT2D eigenvalue weighted by Gasteiger charge is 2.33. The maximum atomic E-state index is 11.7. The van der Waals surface area contributed by atoms with Crippen LogP contribution in [0.5, 0.6) is 0 Å². The summed E-state index contributed by atoms with van der Waals surface area (Å²) in [7, 11) is 0. The topological polar surface area (TPSA) is 43.4 Å². The van der Waals surface area contributed by atoms with Crippen molar-refractivity contribution in [3.63, 3.8) is 0 Å². The molecule has 0 aromatic heterocycles. The first-order valence-corrected chi connectivity index (χ1v) is 5.99. The molecule has 0 aromatic rings. The first kappa shape index (κ1) is 10.7. The summed E-state index contributed by atoms with van der Waals surface area (Å²) in [6.07, 6.45) is 6.92. The molecule has 1 saturated heterocycles. The molecule has 2 rings (SSSR count). The van der Waals surface area contributed by atoms with Crippen LogP contribution in [0.4, 0.5) is 0 Å². The summed E-state index contributed by atoms with van der Waals surface area (Å²) in [5.74, 6) is 0.192. The second-order valence-electron chi connectivity index (χ2n) is 4.59. The van der Waals surface area contributed by atoms with Crippen LogP contribution in [0.3, 0.4) is 0 Å². The molecule has 2 fully saturated rings. The van der Waals surface area contributed by atoms with E-state index >= 15 is 0 Å². The first-order valence-electron chi connectivity index (χ1n) is 5.99. The number of hydrogen-bond donors (Lipinski definition) is 0. The van der Waals surface area contributed by atoms with E-state index in [2.05, 4.69) is 0 Å². The fourth-order valence-electron chi connectivity index (χ4n) is 2.59. The number of esters is 1. The Morgan fingerprint density at radius 2 is 1.67 bits per heavy atom. The maximum absolute atomic E-state index is 11.7. The SMILES string of the molecule is O=C1CCCCC(C2CCCCC2=O)O1. The van der Waals surface area contributed by atoms with Gasteiger partial charge in [-0.2, -0.15) is 0 Å². The van der Waals surface area contributed by atoms with Crippen LogP contribution in [0.25, 0.3) is 0 Å². The van der Waals surface area contributed by atoms with E-state index < -0.39 is 0 Å². The average Bonchev–Trinajstić information content (AvgIpc) is 2.43. The Labute approximate surface area is 90.2 Å². The van der Waals surface area contributed by atoms with Crippen LogP contribution < -0.4 is 0 Å². The van der Waals surface area contributed by atoms with E-state index in [0.717, 1.165) is 38.5 Å². The van der Waals surface area contributed by atoms with Crippen molar-refractivity contribution in [3.8, 4) is 0 Å². The third-order valence-electron chi connectivity index (χ3n) is 3.45. The normalized spacial score (nSPS) is 33.3. The highest BCUT2D eigenvalue weighted by atomic mass is 16.5. The summed E-state index contributed by atoms with van der Waals surface area (Å²) < 4.78 is 5.36. The van der Waals surface area contributed by atoms with Gasteiger partial charge in [-0.25, -0.2) is 0 Å². The molecule has 0 amide bonds. The minimum atomic E-state index is -0.118. The molecule has 3 heteroatoms. The van der Waals surface area contributed by atoms with Gasteiger partial charge in [0.05, 0.1) is 5.92 Å². The third kappa shape index (κ3) is 2.58. The van der Waals surface area contributed by atoms with Crippen molar-refractivity contribution in [2.24, 2.45) is 5.92 Å². The number of Topliss-reactive ketones (excluding diaryl/α,β-unsaturated/α-hetero) is 1. The second kappa shape index (κ2) is 4.77. The van der Waals surface area contributed by atoms with Crippen molar-refractivity contribution in [2.45, 2.75) is 57.5 Å². The molecule has 1 heterocycles. The molecule has 0 radical (unpaired) electrons. The summed E-state index contributed by atoms with van der Waals surface area (Å²) in [4.78, 5) is 23.0. The molecule has 0 bridgehead atoms. The number of carbonyl (C=O) groups excluding carboxylic acids is 2. The summed E-state index contributed by atoms with van der Waals surface area (Å²) >= 11 is 0. The van der Waals surface area contributed by atoms with Crippen LogP contribution in [-0.2, 0) is 14.3 Å². The van der Waals surface area contributed by atoms with Crippen molar-refractivity contribution in [3.05, 3.63) is 0 Å². The molecule has 0 spiro atoms. The first-order chi connectivity index (χ1) is 7.27. The molecule has 15 heavy (non-hydrogen) atoms. The lowest BCUT2D eigenvalue weighted by molar-refractivity contribution is -0.153. The summed E-state index contributed by atoms with van der Waals surface area (Å²) in [5, 5.41) is 0. The highest BCUT2D eigenvalue weighted by Crippen LogP contribution is 2.29. The standard InChI is InChI=1S/C12H18O3/c13-10-6-2-1-5-9(10)11-7-3-4-8-12(14)15-11/h9,11H,1-8H2. The molecule has 2 aliphatic rings. The summed E-state index contributed by atoms with van der Waals surface area (Å²) in [6, 6.07) is 0. The van der Waals surface area contributed by atoms with Crippen LogP contribution in [0.1, 0.15) is 51.4 Å². The van der Waals surface area contributed by atoms with Gasteiger partial charge in [-0.3, -0.25) is 9.59 Å². The molecule has 0 N–H and O–H groups in total. The molecular weight excluding hydrogens is 192 g/mol. The van der Waals surface area contributed by atoms with E-state index in [-0.39, 0.29) is 18.0 Å². The molecule has 2 unspecified atom stereocenters. The Morgan fingerprint density at radius 3 is 2.47 bits per heavy atom. The molecule has 1 aliphatic carbocycles. The quantitative estimate of drug-likeness (QED) is 0.623. The van der Waals surface area contributed by atoms with Crippen molar-refractivity contribution in [1.82, 2.24) is 0 Å². The lowest BCUT2D eigenvalue weighted by Crippen LogP contribution is -2.33. The van der Waals surface area contributed by atoms with E-state index in [0.29, 0.717) is 18.6 Å². The van der Waals surface area contributed by atoms with Crippen LogP contribution in [0.15, 0.2) is 0 Å². The van der Waals surface area contributed by atoms with Gasteiger partial charge < -0.3 is 4.74 Å². The molecule has 0 aromatic carbocycles. The lowest BCUT2D eigenvalue weighted by atomic mass is 9.82. The van der Waals surface area contributed by atoms with Gasteiger partial charge in [-0.15, -0.1) is 0 Å². The molecule has 1 saturated carbocycles. The predicted octanol–water partition coefficient (Wildman–Crippen LogP) is 2.23. The van der Waals surface area contributed by atoms with E-state index in [1.165, 1.54) is 0 Å². The zero-order chi connectivity index (χ0) is 10.7. The van der Waals surface area contributed by atoms with E-state index in [1.54, 1.807) is 0 Å². The number of cyclic esters (lactones) is 1. The van der Waals surface area contributed by atoms with Gasteiger partial charge in [0.1, 0.15) is 11.9 Å². The third-order valence-corrected chi connectivity index (χ3v) is 3.45. The van der Waals surface area contributed by atoms with Crippen molar-refractivity contribution < 1.29 is 14.3 Å². The van der Waals surface area contributed by atoms with Gasteiger partial charge in [0.15, 0.2) is 0 Å². The van der Waals surface area contributed by atoms with Gasteiger partial charge in [-0.1, -0.05) is 6.42 Å². The van der Waals surface area contributed by atoms with Gasteiger partial charge >= 0.3 is 5.97 Å². The Balaban J connectivity index is 2.00. The summed E-state index contributed by atoms with van der Waals surface area (Å²) in [5.41, 5.74) is 0. The molecule has 84 valence electrons. The van der Waals surface area contributed by atoms with E-state index in [4.69, 9.17) is 4.74 Å². The Kier molecular flexibility index (Phi) is 3.39. The number of rotatable bonds is 1. The predicted molar refractivity (Wildman–Crippen MR) is 55.3 cm³/mol. The number of carbonyl (C=O) groups is 2. The molecule has 1 aliphatic heterocycles. The zero-order valence-corrected chi connectivity index (χ0v) is 9.04. The van der Waals surface area contributed by atoms with Gasteiger partial charge in [0.25, 0.3) is 0 Å². The van der Waals surface area contributed by atoms with E-state index in [9.17, 15) is 9.59 Å². The zero-order valence-electron chi connectivity index (χ0n) is 9.04. The van der Waals surface area contributed by atoms with Gasteiger partial charge in [0, 0.05) is 12.8 Å². The van der Waals surface area contributed by atoms with Crippen LogP contribution in [0, 0.1) is 5.92 Å². The molecule has 3 nitrogen and oxygen atoms in total. The highest BCUT2D eigenvalue weighted by molar-refractivity contribution is 5.82. The van der Waals surface area contributed by atoms with Crippen molar-refractivity contribution in [1.29, 1.82) is 0 Å².